The summed E-state index contributed by atoms with van der Waals surface area (Å²) in [6.45, 7) is 4.10. The van der Waals surface area contributed by atoms with Gasteiger partial charge in [0.2, 0.25) is 5.91 Å². The average Bonchev–Trinajstić information content (AvgIpc) is 3.06. The third kappa shape index (κ3) is 35.6. The fourth-order valence-corrected chi connectivity index (χ4v) is 6.84. The molecule has 1 amide bonds. The number of phosphoric ester groups is 1. The lowest BCUT2D eigenvalue weighted by molar-refractivity contribution is -0.870. The standard InChI is InChI=1S/C41H83N2O6P/c1-6-8-9-10-11-12-13-14-15-16-17-18-19-20-21-22-23-24-25-26-27-28-29-30-31-32-33-34-35-40(44)39(42-41(45)7-2)38-49-50(46,47)48-37-36-43(3,4)5/h34-35,39-40,44H,6-33,36-38H2,1-5H3,(H-,42,45,46,47)/b35-34+. The molecule has 9 heteroatoms. The minimum atomic E-state index is -4.54. The van der Waals surface area contributed by atoms with Gasteiger partial charge in [-0.3, -0.25) is 9.36 Å². The molecule has 0 rings (SSSR count). The van der Waals surface area contributed by atoms with Crippen molar-refractivity contribution < 1.29 is 32.9 Å². The molecule has 0 fully saturated rings. The third-order valence-corrected chi connectivity index (χ3v) is 10.5. The fourth-order valence-electron chi connectivity index (χ4n) is 6.12. The number of likely N-dealkylation sites (N-methyl/N-ethyl adjacent to an activating group) is 1. The monoisotopic (exact) mass is 731 g/mol. The van der Waals surface area contributed by atoms with Crippen LogP contribution >= 0.6 is 7.82 Å². The Bertz CT molecular complexity index is 834. The molecule has 0 radical (unpaired) electrons. The molecule has 3 unspecified atom stereocenters. The summed E-state index contributed by atoms with van der Waals surface area (Å²) in [7, 11) is 1.26. The summed E-state index contributed by atoms with van der Waals surface area (Å²) in [6, 6.07) is -0.878. The lowest BCUT2D eigenvalue weighted by Gasteiger charge is -2.29. The maximum atomic E-state index is 12.2. The van der Waals surface area contributed by atoms with Gasteiger partial charge in [0.25, 0.3) is 7.82 Å². The molecule has 0 aromatic heterocycles. The molecule has 0 aliphatic heterocycles. The van der Waals surface area contributed by atoms with Gasteiger partial charge in [0.15, 0.2) is 0 Å². The van der Waals surface area contributed by atoms with Crippen LogP contribution in [0, 0.1) is 0 Å². The molecule has 0 aromatic carbocycles. The van der Waals surface area contributed by atoms with Crippen molar-refractivity contribution in [3.05, 3.63) is 12.2 Å². The Hall–Kier alpha value is -0.760. The molecule has 298 valence electrons. The first kappa shape index (κ1) is 49.2. The van der Waals surface area contributed by atoms with Crippen molar-refractivity contribution in [1.29, 1.82) is 0 Å². The molecule has 0 saturated carbocycles. The maximum absolute atomic E-state index is 12.2. The van der Waals surface area contributed by atoms with Crippen molar-refractivity contribution >= 4 is 13.7 Å². The average molecular weight is 731 g/mol. The van der Waals surface area contributed by atoms with E-state index in [0.717, 1.165) is 19.3 Å². The molecule has 3 atom stereocenters. The summed E-state index contributed by atoms with van der Waals surface area (Å²) < 4.78 is 22.6. The molecule has 0 spiro atoms. The zero-order valence-corrected chi connectivity index (χ0v) is 34.5. The molecule has 0 bridgehead atoms. The van der Waals surface area contributed by atoms with Crippen LogP contribution in [0.15, 0.2) is 12.2 Å². The summed E-state index contributed by atoms with van der Waals surface area (Å²) in [6.07, 6.45) is 39.4. The molecule has 0 aliphatic rings. The Morgan fingerprint density at radius 2 is 1.06 bits per heavy atom. The van der Waals surface area contributed by atoms with Crippen molar-refractivity contribution in [3.8, 4) is 0 Å². The maximum Gasteiger partial charge on any atom is 0.268 e. The number of nitrogens with one attached hydrogen (secondary N) is 1. The number of rotatable bonds is 38. The largest absolute Gasteiger partial charge is 0.756 e. The quantitative estimate of drug-likeness (QED) is 0.0283. The van der Waals surface area contributed by atoms with Gasteiger partial charge in [0, 0.05) is 6.42 Å². The van der Waals surface area contributed by atoms with E-state index in [-0.39, 0.29) is 25.5 Å². The Kier molecular flexibility index (Phi) is 33.5. The lowest BCUT2D eigenvalue weighted by atomic mass is 10.0. The number of hydrogen-bond donors (Lipinski definition) is 2. The first-order valence-electron chi connectivity index (χ1n) is 21.1. The molecule has 0 saturated heterocycles. The molecule has 8 nitrogen and oxygen atoms in total. The van der Waals surface area contributed by atoms with Gasteiger partial charge >= 0.3 is 0 Å². The van der Waals surface area contributed by atoms with Gasteiger partial charge in [-0.15, -0.1) is 0 Å². The third-order valence-electron chi connectivity index (χ3n) is 9.56. The topological polar surface area (TPSA) is 108 Å². The molecule has 0 aliphatic carbocycles. The summed E-state index contributed by atoms with van der Waals surface area (Å²) in [5.41, 5.74) is 0. The number of aliphatic hydroxyl groups excluding tert-OH is 1. The van der Waals surface area contributed by atoms with Crippen molar-refractivity contribution in [3.63, 3.8) is 0 Å². The van der Waals surface area contributed by atoms with E-state index >= 15 is 0 Å². The van der Waals surface area contributed by atoms with Crippen LogP contribution in [0.3, 0.4) is 0 Å². The highest BCUT2D eigenvalue weighted by Gasteiger charge is 2.22. The Morgan fingerprint density at radius 3 is 1.42 bits per heavy atom. The predicted molar refractivity (Wildman–Crippen MR) is 210 cm³/mol. The second kappa shape index (κ2) is 34.0. The number of carbonyl (C=O) groups is 1. The van der Waals surface area contributed by atoms with E-state index in [1.807, 2.05) is 27.2 Å². The molecular formula is C41H83N2O6P. The highest BCUT2D eigenvalue weighted by Crippen LogP contribution is 2.38. The molecule has 50 heavy (non-hydrogen) atoms. The van der Waals surface area contributed by atoms with Gasteiger partial charge in [0.05, 0.1) is 39.9 Å². The zero-order valence-electron chi connectivity index (χ0n) is 33.6. The van der Waals surface area contributed by atoms with Gasteiger partial charge < -0.3 is 28.8 Å². The van der Waals surface area contributed by atoms with E-state index in [1.165, 1.54) is 154 Å². The van der Waals surface area contributed by atoms with Crippen LogP contribution in [-0.4, -0.2) is 68.5 Å². The van der Waals surface area contributed by atoms with E-state index in [9.17, 15) is 19.4 Å². The van der Waals surface area contributed by atoms with Gasteiger partial charge in [-0.25, -0.2) is 0 Å². The normalized spacial score (nSPS) is 14.6. The van der Waals surface area contributed by atoms with Gasteiger partial charge in [0.1, 0.15) is 13.2 Å². The minimum Gasteiger partial charge on any atom is -0.756 e. The summed E-state index contributed by atoms with van der Waals surface area (Å²) in [5.74, 6) is -0.284. The van der Waals surface area contributed by atoms with Crippen molar-refractivity contribution in [2.24, 2.45) is 0 Å². The molecule has 0 heterocycles. The number of amides is 1. The molecule has 2 N–H and O–H groups in total. The lowest BCUT2D eigenvalue weighted by Crippen LogP contribution is -2.45. The molecule has 0 aromatic rings. The van der Waals surface area contributed by atoms with Crippen molar-refractivity contribution in [2.45, 2.75) is 206 Å². The zero-order chi connectivity index (χ0) is 37.2. The second-order valence-corrected chi connectivity index (χ2v) is 17.1. The summed E-state index contributed by atoms with van der Waals surface area (Å²) in [4.78, 5) is 24.1. The number of aliphatic hydroxyl groups is 1. The number of phosphoric acid groups is 1. The van der Waals surface area contributed by atoms with Crippen molar-refractivity contribution in [1.82, 2.24) is 5.32 Å². The van der Waals surface area contributed by atoms with E-state index in [4.69, 9.17) is 9.05 Å². The van der Waals surface area contributed by atoms with Crippen LogP contribution in [0.1, 0.15) is 194 Å². The summed E-state index contributed by atoms with van der Waals surface area (Å²) >= 11 is 0. The van der Waals surface area contributed by atoms with Gasteiger partial charge in [-0.2, -0.15) is 0 Å². The predicted octanol–water partition coefficient (Wildman–Crippen LogP) is 10.6. The van der Waals surface area contributed by atoms with Crippen LogP contribution in [0.25, 0.3) is 0 Å². The number of quaternary nitrogens is 1. The van der Waals surface area contributed by atoms with Crippen LogP contribution in [0.4, 0.5) is 0 Å². The number of carbonyl (C=O) groups excluding carboxylic acids is 1. The van der Waals surface area contributed by atoms with Crippen LogP contribution in [-0.2, 0) is 18.4 Å². The smallest absolute Gasteiger partial charge is 0.268 e. The fraction of sp³-hybridized carbons (Fsp3) is 0.927. The number of unbranched alkanes of at least 4 members (excludes halogenated alkanes) is 26. The second-order valence-electron chi connectivity index (χ2n) is 15.7. The number of hydrogen-bond acceptors (Lipinski definition) is 6. The van der Waals surface area contributed by atoms with Gasteiger partial charge in [-0.05, 0) is 12.8 Å². The highest BCUT2D eigenvalue weighted by molar-refractivity contribution is 7.45. The first-order chi connectivity index (χ1) is 24.0. The van der Waals surface area contributed by atoms with Crippen LogP contribution in [0.5, 0.6) is 0 Å². The Labute approximate surface area is 310 Å². The first-order valence-corrected chi connectivity index (χ1v) is 22.5. The van der Waals surface area contributed by atoms with E-state index < -0.39 is 20.0 Å². The number of nitrogens with zero attached hydrogens (tertiary/aromatic N) is 1. The summed E-state index contributed by atoms with van der Waals surface area (Å²) in [5, 5.41) is 13.3. The van der Waals surface area contributed by atoms with E-state index in [2.05, 4.69) is 12.2 Å². The van der Waals surface area contributed by atoms with Crippen LogP contribution in [0.2, 0.25) is 0 Å². The van der Waals surface area contributed by atoms with E-state index in [0.29, 0.717) is 11.0 Å². The molecular weight excluding hydrogens is 647 g/mol. The minimum absolute atomic E-state index is 0.00164. The number of allylic oxidation sites excluding steroid dienone is 1. The van der Waals surface area contributed by atoms with E-state index in [1.54, 1.807) is 13.0 Å². The Balaban J connectivity index is 3.70. The Morgan fingerprint density at radius 1 is 0.680 bits per heavy atom. The van der Waals surface area contributed by atoms with Crippen molar-refractivity contribution in [2.75, 3.05) is 40.9 Å². The van der Waals surface area contributed by atoms with Crippen LogP contribution < -0.4 is 10.2 Å². The SMILES string of the molecule is CCCCCCCCCCCCCCCCCCCCCCCCCCCC/C=C/C(O)C(COP(=O)([O-])OCC[N+](C)(C)C)NC(=O)CC. The van der Waals surface area contributed by atoms with Gasteiger partial charge in [-0.1, -0.05) is 187 Å². The highest BCUT2D eigenvalue weighted by atomic mass is 31.2.